The zero-order valence-corrected chi connectivity index (χ0v) is 6.41. The van der Waals surface area contributed by atoms with E-state index in [9.17, 15) is 0 Å². The lowest BCUT2D eigenvalue weighted by Crippen LogP contribution is -2.20. The van der Waals surface area contributed by atoms with Gasteiger partial charge in [0.1, 0.15) is 0 Å². The molecule has 0 saturated heterocycles. The summed E-state index contributed by atoms with van der Waals surface area (Å²) in [6, 6.07) is 0. The summed E-state index contributed by atoms with van der Waals surface area (Å²) in [5, 5.41) is 3.73. The lowest BCUT2D eigenvalue weighted by atomic mass is 10.3. The van der Waals surface area contributed by atoms with Gasteiger partial charge in [-0.05, 0) is 13.6 Å². The van der Waals surface area contributed by atoms with Gasteiger partial charge in [0.2, 0.25) is 0 Å². The molecule has 0 aromatic heterocycles. The Morgan fingerprint density at radius 2 is 2.40 bits per heavy atom. The zero-order valence-electron chi connectivity index (χ0n) is 6.41. The molecule has 10 heavy (non-hydrogen) atoms. The first-order chi connectivity index (χ1) is 4.83. The molecule has 1 heterocycles. The molecule has 0 atom stereocenters. The maximum absolute atomic E-state index is 3.73. The van der Waals surface area contributed by atoms with Crippen molar-refractivity contribution in [3.05, 3.63) is 11.8 Å². The van der Waals surface area contributed by atoms with Gasteiger partial charge in [0.25, 0.3) is 0 Å². The van der Waals surface area contributed by atoms with Crippen molar-refractivity contribution in [2.45, 2.75) is 6.92 Å². The van der Waals surface area contributed by atoms with Crippen LogP contribution < -0.4 is 5.43 Å². The van der Waals surface area contributed by atoms with Gasteiger partial charge >= 0.3 is 0 Å². The highest BCUT2D eigenvalue weighted by Gasteiger charge is 2.01. The molecular formula is C7H12N3. The van der Waals surface area contributed by atoms with Crippen molar-refractivity contribution in [1.29, 1.82) is 0 Å². The van der Waals surface area contributed by atoms with Crippen molar-refractivity contribution in [1.82, 2.24) is 10.3 Å². The largest absolute Gasteiger partial charge is 0.302 e. The van der Waals surface area contributed by atoms with Gasteiger partial charge in [-0.3, -0.25) is 0 Å². The van der Waals surface area contributed by atoms with Crippen LogP contribution >= 0.6 is 0 Å². The van der Waals surface area contributed by atoms with Crippen molar-refractivity contribution in [3.8, 4) is 0 Å². The Morgan fingerprint density at radius 1 is 1.60 bits per heavy atom. The van der Waals surface area contributed by atoms with Crippen LogP contribution in [0.4, 0.5) is 0 Å². The van der Waals surface area contributed by atoms with Gasteiger partial charge in [-0.2, -0.15) is 10.5 Å². The maximum atomic E-state index is 3.73. The number of hydrogen-bond donors (Lipinski definition) is 0. The van der Waals surface area contributed by atoms with Crippen LogP contribution in [-0.4, -0.2) is 31.3 Å². The second-order valence-corrected chi connectivity index (χ2v) is 2.39. The normalized spacial score (nSPS) is 15.7. The lowest BCUT2D eigenvalue weighted by Gasteiger charge is -2.11. The van der Waals surface area contributed by atoms with Crippen molar-refractivity contribution < 1.29 is 0 Å². The maximum Gasteiger partial charge on any atom is 0.0556 e. The van der Waals surface area contributed by atoms with Crippen LogP contribution in [0, 0.1) is 0 Å². The van der Waals surface area contributed by atoms with E-state index >= 15 is 0 Å². The summed E-state index contributed by atoms with van der Waals surface area (Å²) in [7, 11) is 2.08. The Labute approximate surface area is 61.4 Å². The molecular weight excluding hydrogens is 126 g/mol. The Kier molecular flexibility index (Phi) is 2.45. The van der Waals surface area contributed by atoms with E-state index in [-0.39, 0.29) is 0 Å². The van der Waals surface area contributed by atoms with Gasteiger partial charge in [-0.15, -0.1) is 0 Å². The number of nitrogens with zero attached hydrogens (tertiary/aromatic N) is 3. The molecule has 0 spiro atoms. The van der Waals surface area contributed by atoms with E-state index in [4.69, 9.17) is 0 Å². The molecule has 1 aliphatic heterocycles. The Hall–Kier alpha value is -0.830. The molecule has 55 valence electrons. The summed E-state index contributed by atoms with van der Waals surface area (Å²) in [6.07, 6.45) is 3.60. The third-order valence-corrected chi connectivity index (χ3v) is 1.51. The first kappa shape index (κ1) is 7.28. The molecule has 3 nitrogen and oxygen atoms in total. The van der Waals surface area contributed by atoms with Gasteiger partial charge in [-0.1, -0.05) is 6.92 Å². The topological polar surface area (TPSA) is 29.7 Å². The predicted molar refractivity (Wildman–Crippen MR) is 41.9 cm³/mol. The first-order valence-corrected chi connectivity index (χ1v) is 3.43. The molecule has 0 unspecified atom stereocenters. The summed E-state index contributed by atoms with van der Waals surface area (Å²) in [5.74, 6) is 0. The minimum absolute atomic E-state index is 0.948. The average Bonchev–Trinajstić information content (AvgIpc) is 2.40. The van der Waals surface area contributed by atoms with Gasteiger partial charge in [-0.25, -0.2) is 0 Å². The summed E-state index contributed by atoms with van der Waals surface area (Å²) in [4.78, 5) is 2.21. The van der Waals surface area contributed by atoms with E-state index in [1.807, 2.05) is 0 Å². The second kappa shape index (κ2) is 3.37. The lowest BCUT2D eigenvalue weighted by molar-refractivity contribution is 0.388. The van der Waals surface area contributed by atoms with E-state index in [1.54, 1.807) is 12.4 Å². The highest BCUT2D eigenvalue weighted by molar-refractivity contribution is 5.80. The van der Waals surface area contributed by atoms with Crippen LogP contribution in [0.1, 0.15) is 6.92 Å². The third kappa shape index (κ3) is 1.84. The Balaban J connectivity index is 2.31. The number of rotatable bonds is 3. The van der Waals surface area contributed by atoms with Crippen molar-refractivity contribution in [2.75, 3.05) is 20.1 Å². The highest BCUT2D eigenvalue weighted by Crippen LogP contribution is 1.97. The van der Waals surface area contributed by atoms with Crippen molar-refractivity contribution in [3.63, 3.8) is 0 Å². The minimum atomic E-state index is 0.948. The summed E-state index contributed by atoms with van der Waals surface area (Å²) >= 11 is 0. The van der Waals surface area contributed by atoms with Gasteiger partial charge in [0, 0.05) is 12.1 Å². The molecule has 0 aromatic rings. The standard InChI is InChI=1S/C7H12N3/c1-3-10(2)6-7-4-8-9-5-7/h4-5H,3,6H2,1-2H3. The molecule has 3 heteroatoms. The minimum Gasteiger partial charge on any atom is -0.302 e. The van der Waals surface area contributed by atoms with Crippen LogP contribution in [0.2, 0.25) is 0 Å². The number of likely N-dealkylation sites (N-methyl/N-ethyl adjacent to an activating group) is 1. The molecule has 0 fully saturated rings. The zero-order chi connectivity index (χ0) is 7.40. The van der Waals surface area contributed by atoms with E-state index in [0.717, 1.165) is 13.1 Å². The van der Waals surface area contributed by atoms with Crippen LogP contribution in [0.25, 0.3) is 0 Å². The fraction of sp³-hybridized carbons (Fsp3) is 0.571. The molecule has 0 amide bonds. The predicted octanol–water partition coefficient (Wildman–Crippen LogP) is 0.426. The van der Waals surface area contributed by atoms with Crippen LogP contribution in [-0.2, 0) is 0 Å². The van der Waals surface area contributed by atoms with E-state index in [2.05, 4.69) is 29.4 Å². The van der Waals surface area contributed by atoms with Crippen LogP contribution in [0.5, 0.6) is 0 Å². The fourth-order valence-electron chi connectivity index (χ4n) is 0.753. The summed E-state index contributed by atoms with van der Waals surface area (Å²) < 4.78 is 0. The smallest absolute Gasteiger partial charge is 0.0556 e. The number of hydrogen-bond acceptors (Lipinski definition) is 2. The SMILES string of the molecule is CCN(C)CC1=C[N]N=C1. The van der Waals surface area contributed by atoms with Gasteiger partial charge in [0.05, 0.1) is 12.4 Å². The van der Waals surface area contributed by atoms with Crippen LogP contribution in [0.3, 0.4) is 0 Å². The molecule has 0 saturated carbocycles. The molecule has 0 N–H and O–H groups in total. The van der Waals surface area contributed by atoms with Crippen LogP contribution in [0.15, 0.2) is 16.9 Å². The molecule has 1 aliphatic rings. The van der Waals surface area contributed by atoms with Crippen molar-refractivity contribution in [2.24, 2.45) is 5.10 Å². The summed E-state index contributed by atoms with van der Waals surface area (Å²) in [6.45, 7) is 4.14. The van der Waals surface area contributed by atoms with Crippen molar-refractivity contribution >= 4 is 6.21 Å². The van der Waals surface area contributed by atoms with E-state index in [1.165, 1.54) is 5.57 Å². The Bertz CT molecular complexity index is 160. The fourth-order valence-corrected chi connectivity index (χ4v) is 0.753. The second-order valence-electron chi connectivity index (χ2n) is 2.39. The van der Waals surface area contributed by atoms with Gasteiger partial charge in [0.15, 0.2) is 0 Å². The quantitative estimate of drug-likeness (QED) is 0.556. The monoisotopic (exact) mass is 138 g/mol. The van der Waals surface area contributed by atoms with Gasteiger partial charge < -0.3 is 4.90 Å². The molecule has 1 radical (unpaired) electrons. The Morgan fingerprint density at radius 3 is 2.90 bits per heavy atom. The van der Waals surface area contributed by atoms with E-state index in [0.29, 0.717) is 0 Å². The summed E-state index contributed by atoms with van der Waals surface area (Å²) in [5.41, 5.74) is 4.92. The molecule has 0 aliphatic carbocycles. The average molecular weight is 138 g/mol. The first-order valence-electron chi connectivity index (χ1n) is 3.43. The highest BCUT2D eigenvalue weighted by atomic mass is 15.3. The van der Waals surface area contributed by atoms with E-state index < -0.39 is 0 Å². The third-order valence-electron chi connectivity index (χ3n) is 1.51. The molecule has 0 bridgehead atoms. The molecule has 0 aromatic carbocycles. The molecule has 1 rings (SSSR count).